The van der Waals surface area contributed by atoms with Crippen LogP contribution in [0.2, 0.25) is 0 Å². The van der Waals surface area contributed by atoms with E-state index < -0.39 is 0 Å². The summed E-state index contributed by atoms with van der Waals surface area (Å²) in [4.78, 5) is 14.3. The lowest BCUT2D eigenvalue weighted by Crippen LogP contribution is -2.43. The third kappa shape index (κ3) is 4.28. The van der Waals surface area contributed by atoms with Crippen LogP contribution in [0.4, 0.5) is 0 Å². The highest BCUT2D eigenvalue weighted by molar-refractivity contribution is 5.79. The Balaban J connectivity index is 1.69. The molecule has 98 valence electrons. The first-order chi connectivity index (χ1) is 8.29. The van der Waals surface area contributed by atoms with Gasteiger partial charge in [-0.1, -0.05) is 0 Å². The average molecular weight is 240 g/mol. The Morgan fingerprint density at radius 3 is 2.88 bits per heavy atom. The second-order valence-corrected chi connectivity index (χ2v) is 5.41. The number of rotatable bonds is 6. The van der Waals surface area contributed by atoms with Crippen LogP contribution in [0.3, 0.4) is 0 Å². The highest BCUT2D eigenvalue weighted by Gasteiger charge is 2.27. The minimum Gasteiger partial charge on any atom is -0.396 e. The zero-order valence-electron chi connectivity index (χ0n) is 10.5. The SMILES string of the molecule is O=C(NCC1CC1)C1CCCN(CCCO)C1. The second-order valence-electron chi connectivity index (χ2n) is 5.41. The van der Waals surface area contributed by atoms with Crippen LogP contribution in [0, 0.1) is 11.8 Å². The number of carbonyl (C=O) groups is 1. The molecule has 1 aliphatic heterocycles. The first kappa shape index (κ1) is 12.8. The molecule has 2 aliphatic rings. The number of hydrogen-bond donors (Lipinski definition) is 2. The molecule has 0 aromatic heterocycles. The van der Waals surface area contributed by atoms with E-state index in [9.17, 15) is 4.79 Å². The van der Waals surface area contributed by atoms with Crippen LogP contribution in [-0.4, -0.2) is 48.7 Å². The van der Waals surface area contributed by atoms with E-state index in [0.29, 0.717) is 0 Å². The standard InChI is InChI=1S/C13H24N2O2/c16-8-2-7-15-6-1-3-12(10-15)13(17)14-9-11-4-5-11/h11-12,16H,1-10H2,(H,14,17). The fourth-order valence-electron chi connectivity index (χ4n) is 2.48. The predicted molar refractivity (Wildman–Crippen MR) is 66.6 cm³/mol. The smallest absolute Gasteiger partial charge is 0.224 e. The van der Waals surface area contributed by atoms with E-state index in [4.69, 9.17) is 5.11 Å². The first-order valence-electron chi connectivity index (χ1n) is 6.90. The molecule has 0 spiro atoms. The molecule has 1 heterocycles. The maximum atomic E-state index is 12.0. The van der Waals surface area contributed by atoms with E-state index in [2.05, 4.69) is 10.2 Å². The highest BCUT2D eigenvalue weighted by Crippen LogP contribution is 2.27. The summed E-state index contributed by atoms with van der Waals surface area (Å²) < 4.78 is 0. The number of aliphatic hydroxyl groups is 1. The Labute approximate surface area is 103 Å². The third-order valence-corrected chi connectivity index (χ3v) is 3.77. The molecule has 0 bridgehead atoms. The molecule has 17 heavy (non-hydrogen) atoms. The molecule has 1 saturated carbocycles. The second kappa shape index (κ2) is 6.36. The van der Waals surface area contributed by atoms with Gasteiger partial charge in [-0.25, -0.2) is 0 Å². The zero-order chi connectivity index (χ0) is 12.1. The maximum Gasteiger partial charge on any atom is 0.224 e. The number of likely N-dealkylation sites (tertiary alicyclic amines) is 1. The van der Waals surface area contributed by atoms with Crippen molar-refractivity contribution in [3.8, 4) is 0 Å². The molecule has 0 aromatic rings. The minimum absolute atomic E-state index is 0.168. The molecule has 2 fully saturated rings. The van der Waals surface area contributed by atoms with Crippen LogP contribution < -0.4 is 5.32 Å². The summed E-state index contributed by atoms with van der Waals surface area (Å²) in [5.74, 6) is 1.17. The summed E-state index contributed by atoms with van der Waals surface area (Å²) in [6.07, 6.45) is 5.51. The Bertz CT molecular complexity index is 254. The number of aliphatic hydroxyl groups excluding tert-OH is 1. The van der Waals surface area contributed by atoms with Crippen molar-refractivity contribution >= 4 is 5.91 Å². The summed E-state index contributed by atoms with van der Waals surface area (Å²) in [6.45, 7) is 3.99. The van der Waals surface area contributed by atoms with Crippen molar-refractivity contribution in [1.82, 2.24) is 10.2 Å². The van der Waals surface area contributed by atoms with Gasteiger partial charge in [0.2, 0.25) is 5.91 Å². The largest absolute Gasteiger partial charge is 0.396 e. The number of amides is 1. The summed E-state index contributed by atoms with van der Waals surface area (Å²) >= 11 is 0. The van der Waals surface area contributed by atoms with Gasteiger partial charge in [0.05, 0.1) is 5.92 Å². The molecule has 1 unspecified atom stereocenters. The van der Waals surface area contributed by atoms with E-state index >= 15 is 0 Å². The van der Waals surface area contributed by atoms with Gasteiger partial charge in [-0.3, -0.25) is 4.79 Å². The molecule has 4 heteroatoms. The summed E-state index contributed by atoms with van der Waals surface area (Å²) in [5.41, 5.74) is 0. The number of piperidine rings is 1. The Morgan fingerprint density at radius 2 is 2.18 bits per heavy atom. The topological polar surface area (TPSA) is 52.6 Å². The van der Waals surface area contributed by atoms with E-state index in [1.165, 1.54) is 12.8 Å². The predicted octanol–water partition coefficient (Wildman–Crippen LogP) is 0.607. The number of carbonyl (C=O) groups excluding carboxylic acids is 1. The zero-order valence-corrected chi connectivity index (χ0v) is 10.5. The molecule has 4 nitrogen and oxygen atoms in total. The van der Waals surface area contributed by atoms with Crippen molar-refractivity contribution in [3.63, 3.8) is 0 Å². The Kier molecular flexibility index (Phi) is 4.80. The molecule has 0 aromatic carbocycles. The molecule has 0 radical (unpaired) electrons. The van der Waals surface area contributed by atoms with Gasteiger partial charge in [-0.15, -0.1) is 0 Å². The van der Waals surface area contributed by atoms with Gasteiger partial charge >= 0.3 is 0 Å². The van der Waals surface area contributed by atoms with Crippen LogP contribution in [-0.2, 0) is 4.79 Å². The van der Waals surface area contributed by atoms with Gasteiger partial charge in [0.25, 0.3) is 0 Å². The normalized spacial score (nSPS) is 25.8. The van der Waals surface area contributed by atoms with Gasteiger partial charge < -0.3 is 15.3 Å². The number of hydrogen-bond acceptors (Lipinski definition) is 3. The van der Waals surface area contributed by atoms with E-state index in [0.717, 1.165) is 51.4 Å². The van der Waals surface area contributed by atoms with Gasteiger partial charge in [0.1, 0.15) is 0 Å². The van der Waals surface area contributed by atoms with Gasteiger partial charge in [0, 0.05) is 26.2 Å². The van der Waals surface area contributed by atoms with Crippen molar-refractivity contribution in [3.05, 3.63) is 0 Å². The molecule has 1 aliphatic carbocycles. The monoisotopic (exact) mass is 240 g/mol. The maximum absolute atomic E-state index is 12.0. The molecule has 1 amide bonds. The molecular formula is C13H24N2O2. The van der Waals surface area contributed by atoms with Crippen LogP contribution in [0.1, 0.15) is 32.1 Å². The number of nitrogens with zero attached hydrogens (tertiary/aromatic N) is 1. The molecule has 2 N–H and O–H groups in total. The van der Waals surface area contributed by atoms with Crippen LogP contribution in [0.15, 0.2) is 0 Å². The van der Waals surface area contributed by atoms with Crippen molar-refractivity contribution in [2.24, 2.45) is 11.8 Å². The number of nitrogens with one attached hydrogen (secondary N) is 1. The fourth-order valence-corrected chi connectivity index (χ4v) is 2.48. The van der Waals surface area contributed by atoms with Gasteiger partial charge in [-0.05, 0) is 44.6 Å². The molecule has 1 saturated heterocycles. The van der Waals surface area contributed by atoms with Gasteiger partial charge in [0.15, 0.2) is 0 Å². The van der Waals surface area contributed by atoms with Crippen molar-refractivity contribution < 1.29 is 9.90 Å². The van der Waals surface area contributed by atoms with Crippen LogP contribution >= 0.6 is 0 Å². The first-order valence-corrected chi connectivity index (χ1v) is 6.90. The quantitative estimate of drug-likeness (QED) is 0.715. The van der Waals surface area contributed by atoms with E-state index in [-0.39, 0.29) is 18.4 Å². The summed E-state index contributed by atoms with van der Waals surface area (Å²) in [6, 6.07) is 0. The van der Waals surface area contributed by atoms with Crippen molar-refractivity contribution in [2.75, 3.05) is 32.8 Å². The van der Waals surface area contributed by atoms with Gasteiger partial charge in [-0.2, -0.15) is 0 Å². The third-order valence-electron chi connectivity index (χ3n) is 3.77. The highest BCUT2D eigenvalue weighted by atomic mass is 16.3. The van der Waals surface area contributed by atoms with Crippen LogP contribution in [0.5, 0.6) is 0 Å². The molecule has 1 atom stereocenters. The van der Waals surface area contributed by atoms with Crippen molar-refractivity contribution in [1.29, 1.82) is 0 Å². The van der Waals surface area contributed by atoms with Crippen LogP contribution in [0.25, 0.3) is 0 Å². The van der Waals surface area contributed by atoms with E-state index in [1.807, 2.05) is 0 Å². The lowest BCUT2D eigenvalue weighted by Gasteiger charge is -2.31. The Hall–Kier alpha value is -0.610. The Morgan fingerprint density at radius 1 is 1.35 bits per heavy atom. The summed E-state index contributed by atoms with van der Waals surface area (Å²) in [7, 11) is 0. The lowest BCUT2D eigenvalue weighted by atomic mass is 9.97. The molecule has 2 rings (SSSR count). The van der Waals surface area contributed by atoms with E-state index in [1.54, 1.807) is 0 Å². The lowest BCUT2D eigenvalue weighted by molar-refractivity contribution is -0.126. The molecular weight excluding hydrogens is 216 g/mol. The van der Waals surface area contributed by atoms with Crippen molar-refractivity contribution in [2.45, 2.75) is 32.1 Å². The fraction of sp³-hybridized carbons (Fsp3) is 0.923. The summed E-state index contributed by atoms with van der Waals surface area (Å²) in [5, 5.41) is 11.9. The minimum atomic E-state index is 0.168. The average Bonchev–Trinajstić information content (AvgIpc) is 3.18.